The van der Waals surface area contributed by atoms with Gasteiger partial charge in [-0.3, -0.25) is 9.82 Å². The zero-order chi connectivity index (χ0) is 14.0. The van der Waals surface area contributed by atoms with Crippen LogP contribution in [0.3, 0.4) is 0 Å². The summed E-state index contributed by atoms with van der Waals surface area (Å²) in [6, 6.07) is 1.74. The Balaban J connectivity index is 2.70. The average Bonchev–Trinajstić information content (AvgIpc) is 2.62. The van der Waals surface area contributed by atoms with Crippen LogP contribution in [0.2, 0.25) is 0 Å². The molecule has 1 aromatic heterocycles. The van der Waals surface area contributed by atoms with E-state index in [1.807, 2.05) is 34.6 Å². The van der Waals surface area contributed by atoms with Crippen molar-refractivity contribution in [3.05, 3.63) is 11.8 Å². The molecule has 0 amide bonds. The molecule has 0 atom stereocenters. The number of aromatic amines is 1. The van der Waals surface area contributed by atoms with E-state index in [2.05, 4.69) is 14.9 Å². The minimum absolute atomic E-state index is 0.0748. The third-order valence-corrected chi connectivity index (χ3v) is 3.90. The lowest BCUT2D eigenvalue weighted by molar-refractivity contribution is 0.567. The van der Waals surface area contributed by atoms with Crippen LogP contribution in [0.1, 0.15) is 46.7 Å². The lowest BCUT2D eigenvalue weighted by Gasteiger charge is -2.14. The van der Waals surface area contributed by atoms with Crippen LogP contribution >= 0.6 is 0 Å². The molecule has 104 valence electrons. The van der Waals surface area contributed by atoms with Gasteiger partial charge in [-0.25, -0.2) is 8.42 Å². The Morgan fingerprint density at radius 1 is 1.39 bits per heavy atom. The number of H-pyrrole nitrogens is 1. The van der Waals surface area contributed by atoms with Crippen LogP contribution in [0, 0.1) is 5.92 Å². The molecule has 0 radical (unpaired) electrons. The molecule has 0 bridgehead atoms. The molecular formula is C12H23N3O2S. The SMILES string of the molecule is CC(C)CCS(=O)(=O)Nc1cc(C(C)(C)C)[nH]n1. The van der Waals surface area contributed by atoms with Gasteiger partial charge in [-0.2, -0.15) is 5.10 Å². The summed E-state index contributed by atoms with van der Waals surface area (Å²) in [4.78, 5) is 0. The maximum Gasteiger partial charge on any atom is 0.233 e. The first-order valence-electron chi connectivity index (χ1n) is 6.16. The molecular weight excluding hydrogens is 250 g/mol. The van der Waals surface area contributed by atoms with E-state index in [1.54, 1.807) is 6.07 Å². The minimum atomic E-state index is -3.29. The Bertz CT molecular complexity index is 484. The van der Waals surface area contributed by atoms with Gasteiger partial charge in [0.2, 0.25) is 10.0 Å². The summed E-state index contributed by atoms with van der Waals surface area (Å²) >= 11 is 0. The van der Waals surface area contributed by atoms with E-state index in [-0.39, 0.29) is 11.2 Å². The molecule has 1 aromatic rings. The molecule has 2 N–H and O–H groups in total. The Labute approximate surface area is 109 Å². The van der Waals surface area contributed by atoms with Crippen LogP contribution in [0.25, 0.3) is 0 Å². The standard InChI is InChI=1S/C12H23N3O2S/c1-9(2)6-7-18(16,17)15-11-8-10(13-14-11)12(3,4)5/h8-9H,6-7H2,1-5H3,(H2,13,14,15). The Hall–Kier alpha value is -1.04. The molecule has 0 unspecified atom stereocenters. The molecule has 5 nitrogen and oxygen atoms in total. The fraction of sp³-hybridized carbons (Fsp3) is 0.750. The number of nitrogens with zero attached hydrogens (tertiary/aromatic N) is 1. The second kappa shape index (κ2) is 5.30. The second-order valence-electron chi connectivity index (χ2n) is 6.02. The molecule has 0 aliphatic carbocycles. The quantitative estimate of drug-likeness (QED) is 0.865. The molecule has 1 rings (SSSR count). The van der Waals surface area contributed by atoms with Gasteiger partial charge >= 0.3 is 0 Å². The van der Waals surface area contributed by atoms with Gasteiger partial charge in [-0.15, -0.1) is 0 Å². The molecule has 0 fully saturated rings. The van der Waals surface area contributed by atoms with E-state index in [1.165, 1.54) is 0 Å². The highest BCUT2D eigenvalue weighted by molar-refractivity contribution is 7.92. The minimum Gasteiger partial charge on any atom is -0.280 e. The number of hydrogen-bond donors (Lipinski definition) is 2. The maximum atomic E-state index is 11.8. The van der Waals surface area contributed by atoms with Crippen LogP contribution in [0.4, 0.5) is 5.82 Å². The normalized spacial score (nSPS) is 13.0. The smallest absolute Gasteiger partial charge is 0.233 e. The Kier molecular flexibility index (Phi) is 4.42. The summed E-state index contributed by atoms with van der Waals surface area (Å²) in [5, 5.41) is 6.84. The highest BCUT2D eigenvalue weighted by Gasteiger charge is 2.19. The lowest BCUT2D eigenvalue weighted by Crippen LogP contribution is -2.18. The van der Waals surface area contributed by atoms with Crippen LogP contribution in [0.15, 0.2) is 6.07 Å². The highest BCUT2D eigenvalue weighted by Crippen LogP contribution is 2.22. The van der Waals surface area contributed by atoms with Crippen LogP contribution in [0.5, 0.6) is 0 Å². The van der Waals surface area contributed by atoms with Crippen molar-refractivity contribution in [3.63, 3.8) is 0 Å². The molecule has 0 spiro atoms. The van der Waals surface area contributed by atoms with E-state index >= 15 is 0 Å². The van der Waals surface area contributed by atoms with Gasteiger partial charge in [0.25, 0.3) is 0 Å². The van der Waals surface area contributed by atoms with Crippen molar-refractivity contribution < 1.29 is 8.42 Å². The second-order valence-corrected chi connectivity index (χ2v) is 7.86. The van der Waals surface area contributed by atoms with Crippen molar-refractivity contribution in [1.82, 2.24) is 10.2 Å². The third-order valence-electron chi connectivity index (χ3n) is 2.61. The first-order chi connectivity index (χ1) is 8.10. The zero-order valence-corrected chi connectivity index (χ0v) is 12.6. The topological polar surface area (TPSA) is 74.8 Å². The Morgan fingerprint density at radius 3 is 2.44 bits per heavy atom. The molecule has 0 saturated heterocycles. The van der Waals surface area contributed by atoms with E-state index < -0.39 is 10.0 Å². The van der Waals surface area contributed by atoms with Crippen LogP contribution < -0.4 is 4.72 Å². The molecule has 0 aromatic carbocycles. The number of hydrogen-bond acceptors (Lipinski definition) is 3. The number of rotatable bonds is 5. The Morgan fingerprint density at radius 2 is 2.00 bits per heavy atom. The zero-order valence-electron chi connectivity index (χ0n) is 11.7. The molecule has 6 heteroatoms. The van der Waals surface area contributed by atoms with E-state index in [0.717, 1.165) is 5.69 Å². The van der Waals surface area contributed by atoms with Gasteiger partial charge in [-0.05, 0) is 12.3 Å². The first kappa shape index (κ1) is 15.0. The number of sulfonamides is 1. The van der Waals surface area contributed by atoms with Gasteiger partial charge in [-0.1, -0.05) is 34.6 Å². The molecule has 0 aliphatic rings. The summed E-state index contributed by atoms with van der Waals surface area (Å²) in [5.41, 5.74) is 0.832. The van der Waals surface area contributed by atoms with Crippen molar-refractivity contribution in [2.45, 2.75) is 46.5 Å². The van der Waals surface area contributed by atoms with Gasteiger partial charge in [0.05, 0.1) is 5.75 Å². The summed E-state index contributed by atoms with van der Waals surface area (Å²) in [5.74, 6) is 0.858. The molecule has 0 saturated carbocycles. The predicted molar refractivity (Wildman–Crippen MR) is 74.2 cm³/mol. The number of anilines is 1. The van der Waals surface area contributed by atoms with Crippen molar-refractivity contribution >= 4 is 15.8 Å². The fourth-order valence-corrected chi connectivity index (χ4v) is 2.67. The lowest BCUT2D eigenvalue weighted by atomic mass is 9.92. The first-order valence-corrected chi connectivity index (χ1v) is 7.82. The summed E-state index contributed by atoms with van der Waals surface area (Å²) in [6.45, 7) is 10.1. The van der Waals surface area contributed by atoms with E-state index in [9.17, 15) is 8.42 Å². The predicted octanol–water partition coefficient (Wildman–Crippen LogP) is 2.50. The third kappa shape index (κ3) is 4.68. The molecule has 1 heterocycles. The number of nitrogens with one attached hydrogen (secondary N) is 2. The van der Waals surface area contributed by atoms with Gasteiger partial charge < -0.3 is 0 Å². The van der Waals surface area contributed by atoms with E-state index in [0.29, 0.717) is 18.2 Å². The van der Waals surface area contributed by atoms with Crippen molar-refractivity contribution in [1.29, 1.82) is 0 Å². The van der Waals surface area contributed by atoms with Crippen molar-refractivity contribution in [3.8, 4) is 0 Å². The average molecular weight is 273 g/mol. The van der Waals surface area contributed by atoms with Crippen molar-refractivity contribution in [2.75, 3.05) is 10.5 Å². The van der Waals surface area contributed by atoms with E-state index in [4.69, 9.17) is 0 Å². The monoisotopic (exact) mass is 273 g/mol. The van der Waals surface area contributed by atoms with Gasteiger partial charge in [0.1, 0.15) is 0 Å². The molecule has 0 aliphatic heterocycles. The van der Waals surface area contributed by atoms with Gasteiger partial charge in [0.15, 0.2) is 5.82 Å². The molecule has 18 heavy (non-hydrogen) atoms. The summed E-state index contributed by atoms with van der Waals surface area (Å²) in [7, 11) is -3.29. The van der Waals surface area contributed by atoms with Crippen LogP contribution in [-0.2, 0) is 15.4 Å². The fourth-order valence-electron chi connectivity index (χ4n) is 1.36. The summed E-state index contributed by atoms with van der Waals surface area (Å²) < 4.78 is 26.1. The van der Waals surface area contributed by atoms with Crippen molar-refractivity contribution in [2.24, 2.45) is 5.92 Å². The highest BCUT2D eigenvalue weighted by atomic mass is 32.2. The van der Waals surface area contributed by atoms with Crippen LogP contribution in [-0.4, -0.2) is 24.4 Å². The number of aromatic nitrogens is 2. The largest absolute Gasteiger partial charge is 0.280 e. The maximum absolute atomic E-state index is 11.8. The van der Waals surface area contributed by atoms with Gasteiger partial charge in [0, 0.05) is 17.2 Å². The summed E-state index contributed by atoms with van der Waals surface area (Å²) in [6.07, 6.45) is 0.645.